The lowest BCUT2D eigenvalue weighted by Gasteiger charge is -2.16. The summed E-state index contributed by atoms with van der Waals surface area (Å²) in [6, 6.07) is 8.36. The molecule has 0 N–H and O–H groups in total. The van der Waals surface area contributed by atoms with Crippen molar-refractivity contribution in [2.45, 2.75) is 19.9 Å². The fourth-order valence-electron chi connectivity index (χ4n) is 2.14. The van der Waals surface area contributed by atoms with Crippen molar-refractivity contribution in [1.82, 2.24) is 4.90 Å². The molecule has 0 spiro atoms. The Morgan fingerprint density at radius 3 is 2.94 bits per heavy atom. The van der Waals surface area contributed by atoms with Gasteiger partial charge < -0.3 is 4.90 Å². The predicted octanol–water partition coefficient (Wildman–Crippen LogP) is 2.74. The predicted molar refractivity (Wildman–Crippen MR) is 68.5 cm³/mol. The Kier molecular flexibility index (Phi) is 3.64. The summed E-state index contributed by atoms with van der Waals surface area (Å²) in [5.74, 6) is 0.767. The highest BCUT2D eigenvalue weighted by Crippen LogP contribution is 2.21. The van der Waals surface area contributed by atoms with Crippen molar-refractivity contribution in [3.63, 3.8) is 0 Å². The molecule has 2 rings (SSSR count). The molecule has 0 bridgehead atoms. The quantitative estimate of drug-likeness (QED) is 0.781. The van der Waals surface area contributed by atoms with E-state index in [1.165, 1.54) is 11.1 Å². The van der Waals surface area contributed by atoms with Gasteiger partial charge in [0.25, 0.3) is 0 Å². The Bertz CT molecular complexity index is 391. The van der Waals surface area contributed by atoms with E-state index < -0.39 is 0 Å². The van der Waals surface area contributed by atoms with Gasteiger partial charge in [0.1, 0.15) is 0 Å². The molecule has 1 heterocycles. The monoisotopic (exact) mass is 281 g/mol. The molecule has 16 heavy (non-hydrogen) atoms. The van der Waals surface area contributed by atoms with Crippen molar-refractivity contribution in [3.05, 3.63) is 35.4 Å². The van der Waals surface area contributed by atoms with Crippen LogP contribution in [0, 0.1) is 12.8 Å². The van der Waals surface area contributed by atoms with E-state index in [0.29, 0.717) is 12.3 Å². The number of amides is 1. The van der Waals surface area contributed by atoms with E-state index in [1.54, 1.807) is 0 Å². The minimum atomic E-state index is 0.283. The van der Waals surface area contributed by atoms with Crippen LogP contribution in [0.2, 0.25) is 0 Å². The first-order valence-corrected chi connectivity index (χ1v) is 6.70. The fraction of sp³-hybridized carbons (Fsp3) is 0.462. The zero-order valence-electron chi connectivity index (χ0n) is 9.45. The molecule has 1 amide bonds. The van der Waals surface area contributed by atoms with Crippen LogP contribution >= 0.6 is 15.9 Å². The largest absolute Gasteiger partial charge is 0.338 e. The molecule has 1 unspecified atom stereocenters. The number of hydrogen-bond donors (Lipinski definition) is 0. The Hall–Kier alpha value is -0.830. The Labute approximate surface area is 105 Å². The number of halogens is 1. The van der Waals surface area contributed by atoms with Crippen molar-refractivity contribution < 1.29 is 4.79 Å². The van der Waals surface area contributed by atoms with E-state index in [4.69, 9.17) is 0 Å². The third-order valence-corrected chi connectivity index (χ3v) is 3.88. The molecular formula is C13H16BrNO. The Balaban J connectivity index is 2.03. The van der Waals surface area contributed by atoms with Crippen LogP contribution in [0.4, 0.5) is 0 Å². The maximum atomic E-state index is 11.7. The molecule has 3 heteroatoms. The average Bonchev–Trinajstić information content (AvgIpc) is 2.60. The number of aryl methyl sites for hydroxylation is 1. The number of benzene rings is 1. The maximum absolute atomic E-state index is 11.7. The summed E-state index contributed by atoms with van der Waals surface area (Å²) >= 11 is 3.45. The van der Waals surface area contributed by atoms with Gasteiger partial charge in [-0.05, 0) is 18.4 Å². The van der Waals surface area contributed by atoms with Gasteiger partial charge in [0.15, 0.2) is 0 Å². The van der Waals surface area contributed by atoms with Gasteiger partial charge in [-0.15, -0.1) is 0 Å². The zero-order valence-corrected chi connectivity index (χ0v) is 11.0. The van der Waals surface area contributed by atoms with E-state index in [2.05, 4.69) is 41.1 Å². The lowest BCUT2D eigenvalue weighted by atomic mass is 10.1. The number of rotatable bonds is 3. The summed E-state index contributed by atoms with van der Waals surface area (Å²) in [5, 5.41) is 0.920. The smallest absolute Gasteiger partial charge is 0.223 e. The third kappa shape index (κ3) is 2.64. The highest BCUT2D eigenvalue weighted by Gasteiger charge is 2.28. The summed E-state index contributed by atoms with van der Waals surface area (Å²) in [5.41, 5.74) is 2.48. The molecule has 1 aliphatic rings. The molecule has 0 aliphatic carbocycles. The molecule has 0 saturated carbocycles. The van der Waals surface area contributed by atoms with Crippen molar-refractivity contribution >= 4 is 21.8 Å². The van der Waals surface area contributed by atoms with Crippen LogP contribution in [0.15, 0.2) is 24.3 Å². The van der Waals surface area contributed by atoms with Crippen LogP contribution in [-0.2, 0) is 11.3 Å². The number of carbonyl (C=O) groups is 1. The van der Waals surface area contributed by atoms with Gasteiger partial charge in [0, 0.05) is 24.8 Å². The lowest BCUT2D eigenvalue weighted by molar-refractivity contribution is -0.128. The van der Waals surface area contributed by atoms with Crippen LogP contribution in [-0.4, -0.2) is 22.7 Å². The number of likely N-dealkylation sites (tertiary alicyclic amines) is 1. The van der Waals surface area contributed by atoms with Crippen molar-refractivity contribution in [3.8, 4) is 0 Å². The minimum Gasteiger partial charge on any atom is -0.338 e. The molecule has 1 atom stereocenters. The van der Waals surface area contributed by atoms with Crippen molar-refractivity contribution in [2.75, 3.05) is 11.9 Å². The normalized spacial score (nSPS) is 20.5. The summed E-state index contributed by atoms with van der Waals surface area (Å²) in [6.45, 7) is 3.72. The molecule has 1 aliphatic heterocycles. The molecule has 2 nitrogen and oxygen atoms in total. The number of alkyl halides is 1. The Morgan fingerprint density at radius 1 is 1.50 bits per heavy atom. The van der Waals surface area contributed by atoms with Gasteiger partial charge in [-0.2, -0.15) is 0 Å². The van der Waals surface area contributed by atoms with Gasteiger partial charge in [-0.25, -0.2) is 0 Å². The van der Waals surface area contributed by atoms with Gasteiger partial charge in [0.05, 0.1) is 0 Å². The van der Waals surface area contributed by atoms with E-state index in [1.807, 2.05) is 11.0 Å². The number of hydrogen-bond acceptors (Lipinski definition) is 1. The fourth-order valence-corrected chi connectivity index (χ4v) is 2.57. The molecule has 1 saturated heterocycles. The average molecular weight is 282 g/mol. The van der Waals surface area contributed by atoms with Gasteiger partial charge in [0.2, 0.25) is 5.91 Å². The molecule has 1 aromatic carbocycles. The molecular weight excluding hydrogens is 266 g/mol. The first kappa shape index (κ1) is 11.6. The molecule has 0 radical (unpaired) electrons. The van der Waals surface area contributed by atoms with E-state index in [-0.39, 0.29) is 5.91 Å². The van der Waals surface area contributed by atoms with Gasteiger partial charge >= 0.3 is 0 Å². The van der Waals surface area contributed by atoms with E-state index in [0.717, 1.165) is 18.4 Å². The van der Waals surface area contributed by atoms with Gasteiger partial charge in [-0.1, -0.05) is 45.8 Å². The maximum Gasteiger partial charge on any atom is 0.223 e. The standard InChI is InChI=1S/C13H16BrNO/c1-10-3-2-4-11(5-10)8-15-9-12(7-14)6-13(15)16/h2-5,12H,6-9H2,1H3. The minimum absolute atomic E-state index is 0.283. The molecule has 1 aromatic rings. The van der Waals surface area contributed by atoms with Gasteiger partial charge in [-0.3, -0.25) is 4.79 Å². The highest BCUT2D eigenvalue weighted by molar-refractivity contribution is 9.09. The van der Waals surface area contributed by atoms with E-state index in [9.17, 15) is 4.79 Å². The second-order valence-electron chi connectivity index (χ2n) is 4.49. The molecule has 1 fully saturated rings. The van der Waals surface area contributed by atoms with Crippen LogP contribution in [0.1, 0.15) is 17.5 Å². The summed E-state index contributed by atoms with van der Waals surface area (Å²) in [7, 11) is 0. The van der Waals surface area contributed by atoms with E-state index >= 15 is 0 Å². The second kappa shape index (κ2) is 5.00. The number of carbonyl (C=O) groups excluding carboxylic acids is 1. The Morgan fingerprint density at radius 2 is 2.31 bits per heavy atom. The third-order valence-electron chi connectivity index (χ3n) is 2.97. The molecule has 0 aromatic heterocycles. The zero-order chi connectivity index (χ0) is 11.5. The van der Waals surface area contributed by atoms with Crippen LogP contribution in [0.5, 0.6) is 0 Å². The van der Waals surface area contributed by atoms with Crippen LogP contribution in [0.25, 0.3) is 0 Å². The second-order valence-corrected chi connectivity index (χ2v) is 5.14. The van der Waals surface area contributed by atoms with Crippen LogP contribution in [0.3, 0.4) is 0 Å². The van der Waals surface area contributed by atoms with Crippen molar-refractivity contribution in [1.29, 1.82) is 0 Å². The van der Waals surface area contributed by atoms with Crippen molar-refractivity contribution in [2.24, 2.45) is 5.92 Å². The summed E-state index contributed by atoms with van der Waals surface area (Å²) in [4.78, 5) is 13.7. The first-order valence-electron chi connectivity index (χ1n) is 5.58. The number of nitrogens with zero attached hydrogens (tertiary/aromatic N) is 1. The lowest BCUT2D eigenvalue weighted by Crippen LogP contribution is -2.24. The highest BCUT2D eigenvalue weighted by atomic mass is 79.9. The summed E-state index contributed by atoms with van der Waals surface area (Å²) < 4.78 is 0. The SMILES string of the molecule is Cc1cccc(CN2CC(CBr)CC2=O)c1. The first-order chi connectivity index (χ1) is 7.69. The molecule has 86 valence electrons. The van der Waals surface area contributed by atoms with Crippen LogP contribution < -0.4 is 0 Å². The topological polar surface area (TPSA) is 20.3 Å². The summed E-state index contributed by atoms with van der Waals surface area (Å²) in [6.07, 6.45) is 0.692.